The molecule has 0 aliphatic heterocycles. The van der Waals surface area contributed by atoms with E-state index in [0.29, 0.717) is 5.92 Å². The Balaban J connectivity index is 2.68. The van der Waals surface area contributed by atoms with Crippen molar-refractivity contribution in [2.24, 2.45) is 5.92 Å². The normalized spacial score (nSPS) is 10.3. The van der Waals surface area contributed by atoms with Crippen molar-refractivity contribution >= 4 is 20.2 Å². The van der Waals surface area contributed by atoms with Crippen LogP contribution >= 0.6 is 11.1 Å². The van der Waals surface area contributed by atoms with Crippen molar-refractivity contribution in [1.82, 2.24) is 0 Å². The molecule has 0 aliphatic carbocycles. The van der Waals surface area contributed by atoms with Crippen LogP contribution in [0.4, 0.5) is 0 Å². The molecule has 3 heteroatoms. The summed E-state index contributed by atoms with van der Waals surface area (Å²) in [5.41, 5.74) is 0. The standard InChI is InChI=1S/C4H9ClOSi/c1-4(2)3-6-7-5/h4H,3H2,1-2H3. The third kappa shape index (κ3) is 6.47. The molecular weight excluding hydrogens is 128 g/mol. The maximum atomic E-state index is 5.25. The number of hydrogen-bond acceptors (Lipinski definition) is 1. The summed E-state index contributed by atoms with van der Waals surface area (Å²) in [6, 6.07) is 0. The molecule has 0 aromatic rings. The molecule has 1 nitrogen and oxygen atoms in total. The van der Waals surface area contributed by atoms with E-state index in [1.54, 1.807) is 0 Å². The lowest BCUT2D eigenvalue weighted by Crippen LogP contribution is -2.01. The number of rotatable bonds is 3. The second kappa shape index (κ2) is 4.62. The van der Waals surface area contributed by atoms with Gasteiger partial charge in [0.1, 0.15) is 0 Å². The highest BCUT2D eigenvalue weighted by Crippen LogP contribution is 1.90. The van der Waals surface area contributed by atoms with Crippen LogP contribution in [-0.2, 0) is 4.43 Å². The molecule has 0 saturated carbocycles. The van der Waals surface area contributed by atoms with Gasteiger partial charge in [-0.05, 0) is 5.92 Å². The zero-order chi connectivity index (χ0) is 5.70. The fourth-order valence-electron chi connectivity index (χ4n) is 0.198. The van der Waals surface area contributed by atoms with Crippen molar-refractivity contribution in [3.05, 3.63) is 0 Å². The molecule has 0 atom stereocenters. The Kier molecular flexibility index (Phi) is 4.93. The maximum absolute atomic E-state index is 5.25. The largest absolute Gasteiger partial charge is 0.402 e. The summed E-state index contributed by atoms with van der Waals surface area (Å²) in [6.45, 7) is 4.97. The highest BCUT2D eigenvalue weighted by atomic mass is 35.6. The van der Waals surface area contributed by atoms with Crippen LogP contribution in [0.15, 0.2) is 0 Å². The Morgan fingerprint density at radius 2 is 2.29 bits per heavy atom. The van der Waals surface area contributed by atoms with Gasteiger partial charge in [-0.1, -0.05) is 13.8 Å². The van der Waals surface area contributed by atoms with Crippen molar-refractivity contribution in [2.75, 3.05) is 6.61 Å². The Morgan fingerprint density at radius 3 is 2.43 bits per heavy atom. The summed E-state index contributed by atoms with van der Waals surface area (Å²) in [7, 11) is 0.123. The van der Waals surface area contributed by atoms with E-state index in [4.69, 9.17) is 15.5 Å². The van der Waals surface area contributed by atoms with Gasteiger partial charge >= 0.3 is 9.07 Å². The van der Waals surface area contributed by atoms with Crippen LogP contribution in [-0.4, -0.2) is 15.7 Å². The lowest BCUT2D eigenvalue weighted by atomic mass is 10.2. The minimum absolute atomic E-state index is 0.123. The predicted molar refractivity (Wildman–Crippen MR) is 32.4 cm³/mol. The number of hydrogen-bond donors (Lipinski definition) is 0. The van der Waals surface area contributed by atoms with Gasteiger partial charge in [0, 0.05) is 6.61 Å². The van der Waals surface area contributed by atoms with E-state index < -0.39 is 0 Å². The molecule has 42 valence electrons. The SMILES string of the molecule is CC(C)CO[Si]Cl. The van der Waals surface area contributed by atoms with Gasteiger partial charge in [-0.2, -0.15) is 0 Å². The monoisotopic (exact) mass is 136 g/mol. The molecule has 0 amide bonds. The summed E-state index contributed by atoms with van der Waals surface area (Å²) in [5, 5.41) is 0. The van der Waals surface area contributed by atoms with Crippen molar-refractivity contribution in [3.8, 4) is 0 Å². The molecule has 0 aliphatic rings. The van der Waals surface area contributed by atoms with Gasteiger partial charge in [-0.3, -0.25) is 0 Å². The average Bonchev–Trinajstić information content (AvgIpc) is 1.61. The third-order valence-electron chi connectivity index (χ3n) is 0.471. The Hall–Kier alpha value is 0.467. The molecule has 0 N–H and O–H groups in total. The second-order valence-corrected chi connectivity index (χ2v) is 2.69. The quantitative estimate of drug-likeness (QED) is 0.422. The minimum Gasteiger partial charge on any atom is -0.402 e. The van der Waals surface area contributed by atoms with Gasteiger partial charge in [0.15, 0.2) is 0 Å². The van der Waals surface area contributed by atoms with E-state index in [9.17, 15) is 0 Å². The molecule has 7 heavy (non-hydrogen) atoms. The molecule has 0 aromatic heterocycles. The van der Waals surface area contributed by atoms with Gasteiger partial charge in [0.2, 0.25) is 0 Å². The summed E-state index contributed by atoms with van der Waals surface area (Å²) in [5.74, 6) is 0.603. The molecule has 2 radical (unpaired) electrons. The van der Waals surface area contributed by atoms with Crippen molar-refractivity contribution in [3.63, 3.8) is 0 Å². The summed E-state index contributed by atoms with van der Waals surface area (Å²) in [4.78, 5) is 0. The first-order valence-electron chi connectivity index (χ1n) is 2.24. The van der Waals surface area contributed by atoms with Gasteiger partial charge in [-0.15, -0.1) is 11.1 Å². The van der Waals surface area contributed by atoms with E-state index in [0.717, 1.165) is 6.61 Å². The van der Waals surface area contributed by atoms with Crippen molar-refractivity contribution < 1.29 is 4.43 Å². The molecule has 0 saturated heterocycles. The maximum Gasteiger partial charge on any atom is 0.356 e. The highest BCUT2D eigenvalue weighted by Gasteiger charge is 1.90. The average molecular weight is 137 g/mol. The van der Waals surface area contributed by atoms with Crippen LogP contribution in [0, 0.1) is 5.92 Å². The van der Waals surface area contributed by atoms with Crippen LogP contribution in [0.25, 0.3) is 0 Å². The molecule has 0 bridgehead atoms. The van der Waals surface area contributed by atoms with Crippen LogP contribution in [0.2, 0.25) is 0 Å². The fraction of sp³-hybridized carbons (Fsp3) is 1.00. The van der Waals surface area contributed by atoms with Crippen LogP contribution in [0.3, 0.4) is 0 Å². The Morgan fingerprint density at radius 1 is 1.71 bits per heavy atom. The van der Waals surface area contributed by atoms with E-state index >= 15 is 0 Å². The van der Waals surface area contributed by atoms with Gasteiger partial charge in [0.25, 0.3) is 0 Å². The molecule has 0 aromatic carbocycles. The first-order valence-corrected chi connectivity index (χ1v) is 4.16. The highest BCUT2D eigenvalue weighted by molar-refractivity contribution is 6.89. The van der Waals surface area contributed by atoms with Crippen LogP contribution in [0.5, 0.6) is 0 Å². The van der Waals surface area contributed by atoms with E-state index in [1.165, 1.54) is 0 Å². The van der Waals surface area contributed by atoms with E-state index in [1.807, 2.05) is 0 Å². The molecular formula is C4H9ClOSi. The van der Waals surface area contributed by atoms with Crippen molar-refractivity contribution in [2.45, 2.75) is 13.8 Å². The van der Waals surface area contributed by atoms with Crippen LogP contribution in [0.1, 0.15) is 13.8 Å². The second-order valence-electron chi connectivity index (χ2n) is 1.78. The Labute approximate surface area is 51.7 Å². The molecule has 0 heterocycles. The minimum atomic E-state index is 0.123. The first-order chi connectivity index (χ1) is 3.27. The van der Waals surface area contributed by atoms with E-state index in [-0.39, 0.29) is 9.07 Å². The third-order valence-corrected chi connectivity index (χ3v) is 1.07. The smallest absolute Gasteiger partial charge is 0.356 e. The molecule has 0 spiro atoms. The van der Waals surface area contributed by atoms with Crippen LogP contribution < -0.4 is 0 Å². The summed E-state index contributed by atoms with van der Waals surface area (Å²) in [6.07, 6.45) is 0. The van der Waals surface area contributed by atoms with Gasteiger partial charge in [0.05, 0.1) is 0 Å². The van der Waals surface area contributed by atoms with Gasteiger partial charge < -0.3 is 4.43 Å². The van der Waals surface area contributed by atoms with Crippen molar-refractivity contribution in [1.29, 1.82) is 0 Å². The van der Waals surface area contributed by atoms with Gasteiger partial charge in [-0.25, -0.2) is 0 Å². The topological polar surface area (TPSA) is 9.23 Å². The van der Waals surface area contributed by atoms with E-state index in [2.05, 4.69) is 13.8 Å². The summed E-state index contributed by atoms with van der Waals surface area (Å²) < 4.78 is 4.89. The molecule has 0 rings (SSSR count). The molecule has 0 fully saturated rings. The zero-order valence-electron chi connectivity index (χ0n) is 4.57. The predicted octanol–water partition coefficient (Wildman–Crippen LogP) is 1.43. The summed E-state index contributed by atoms with van der Waals surface area (Å²) >= 11 is 5.25. The lowest BCUT2D eigenvalue weighted by Gasteiger charge is -1.99. The lowest BCUT2D eigenvalue weighted by molar-refractivity contribution is 0.292. The Bertz CT molecular complexity index is 40.7. The first kappa shape index (κ1) is 7.47. The number of halogens is 1. The zero-order valence-corrected chi connectivity index (χ0v) is 6.33. The molecule has 0 unspecified atom stereocenters. The fourth-order valence-corrected chi connectivity index (χ4v) is 0.783.